The van der Waals surface area contributed by atoms with Crippen LogP contribution in [0.2, 0.25) is 0 Å². The van der Waals surface area contributed by atoms with Crippen LogP contribution in [0.5, 0.6) is 0 Å². The minimum atomic E-state index is 0.606. The Morgan fingerprint density at radius 2 is 1.19 bits per heavy atom. The standard InChI is InChI=1S/C43H23N5/c1-44-28-20-18-25(19-21-28)41-30-13-4-7-15-34(30)45-43(46-41)48-36-17-9-6-14-31(36)39-38(48)24-32-29-12-5-8-16-35(29)47-37-23-27-11-3-2-10-26(27)22-33(37)40(39)42(32)47/h2-24H. The predicted octanol–water partition coefficient (Wildman–Crippen LogP) is 11.2. The Morgan fingerprint density at radius 3 is 2.00 bits per heavy atom. The second kappa shape index (κ2) is 9.16. The van der Waals surface area contributed by atoms with Crippen LogP contribution in [0.3, 0.4) is 0 Å². The SMILES string of the molecule is [C-]#[N+]c1ccc(-c2nc(-n3c4ccccc4c4c5c6cc7ccccc7cc6n6c7ccccc7c(cc43)c56)nc3ccccc23)cc1. The van der Waals surface area contributed by atoms with Crippen molar-refractivity contribution in [3.63, 3.8) is 0 Å². The van der Waals surface area contributed by atoms with Gasteiger partial charge in [0.2, 0.25) is 5.95 Å². The first-order chi connectivity index (χ1) is 23.8. The van der Waals surface area contributed by atoms with Gasteiger partial charge in [0.25, 0.3) is 0 Å². The van der Waals surface area contributed by atoms with E-state index in [0.29, 0.717) is 11.6 Å². The van der Waals surface area contributed by atoms with Gasteiger partial charge in [-0.05, 0) is 52.7 Å². The third kappa shape index (κ3) is 3.23. The number of hydrogen-bond acceptors (Lipinski definition) is 2. The first-order valence-corrected chi connectivity index (χ1v) is 16.0. The zero-order chi connectivity index (χ0) is 31.5. The second-order valence-corrected chi connectivity index (χ2v) is 12.5. The van der Waals surface area contributed by atoms with Crippen LogP contribution < -0.4 is 0 Å². The van der Waals surface area contributed by atoms with Crippen LogP contribution in [-0.2, 0) is 0 Å². The zero-order valence-corrected chi connectivity index (χ0v) is 25.5. The highest BCUT2D eigenvalue weighted by Crippen LogP contribution is 2.47. The van der Waals surface area contributed by atoms with Gasteiger partial charge >= 0.3 is 0 Å². The maximum atomic E-state index is 7.44. The molecule has 220 valence electrons. The third-order valence-electron chi connectivity index (χ3n) is 10.0. The molecule has 0 aliphatic rings. The van der Waals surface area contributed by atoms with Crippen LogP contribution in [0.4, 0.5) is 5.69 Å². The van der Waals surface area contributed by atoms with E-state index in [0.717, 1.165) is 33.2 Å². The molecule has 0 fully saturated rings. The minimum Gasteiger partial charge on any atom is -0.308 e. The summed E-state index contributed by atoms with van der Waals surface area (Å²) in [6, 6.07) is 48.9. The zero-order valence-electron chi connectivity index (χ0n) is 25.5. The van der Waals surface area contributed by atoms with Crippen LogP contribution in [0.15, 0.2) is 140 Å². The molecule has 11 aromatic rings. The van der Waals surface area contributed by atoms with Crippen LogP contribution >= 0.6 is 0 Å². The van der Waals surface area contributed by atoms with Gasteiger partial charge in [-0.1, -0.05) is 103 Å². The lowest BCUT2D eigenvalue weighted by atomic mass is 10.0. The molecule has 7 aromatic carbocycles. The molecular weight excluding hydrogens is 587 g/mol. The van der Waals surface area contributed by atoms with E-state index in [4.69, 9.17) is 16.5 Å². The van der Waals surface area contributed by atoms with E-state index in [2.05, 4.69) is 117 Å². The molecule has 0 spiro atoms. The van der Waals surface area contributed by atoms with E-state index in [-0.39, 0.29) is 0 Å². The van der Waals surface area contributed by atoms with Crippen molar-refractivity contribution in [1.29, 1.82) is 0 Å². The number of fused-ring (bicyclic) bond motifs is 12. The van der Waals surface area contributed by atoms with Crippen LogP contribution in [0.1, 0.15) is 0 Å². The summed E-state index contributed by atoms with van der Waals surface area (Å²) in [5.74, 6) is 0.621. The van der Waals surface area contributed by atoms with Crippen molar-refractivity contribution in [2.24, 2.45) is 0 Å². The maximum absolute atomic E-state index is 7.44. The lowest BCUT2D eigenvalue weighted by Gasteiger charge is -2.12. The molecule has 0 atom stereocenters. The summed E-state index contributed by atoms with van der Waals surface area (Å²) in [5, 5.41) is 10.7. The molecular formula is C43H23N5. The first-order valence-electron chi connectivity index (χ1n) is 16.0. The molecule has 0 amide bonds. The quantitative estimate of drug-likeness (QED) is 0.183. The van der Waals surface area contributed by atoms with Gasteiger partial charge in [0.1, 0.15) is 0 Å². The van der Waals surface area contributed by atoms with Gasteiger partial charge in [0.05, 0.1) is 45.4 Å². The number of nitrogens with zero attached hydrogens (tertiary/aromatic N) is 5. The number of para-hydroxylation sites is 3. The monoisotopic (exact) mass is 609 g/mol. The Labute approximate surface area is 273 Å². The summed E-state index contributed by atoms with van der Waals surface area (Å²) in [6.45, 7) is 7.44. The Kier molecular flexibility index (Phi) is 4.85. The van der Waals surface area contributed by atoms with Gasteiger partial charge in [-0.3, -0.25) is 4.57 Å². The highest BCUT2D eigenvalue weighted by Gasteiger charge is 2.25. The summed E-state index contributed by atoms with van der Waals surface area (Å²) >= 11 is 0. The Hall–Kier alpha value is -6.77. The number of aromatic nitrogens is 4. The van der Waals surface area contributed by atoms with Gasteiger partial charge in [-0.2, -0.15) is 0 Å². The van der Waals surface area contributed by atoms with Crippen LogP contribution in [0, 0.1) is 6.57 Å². The van der Waals surface area contributed by atoms with Gasteiger partial charge in [0, 0.05) is 37.7 Å². The predicted molar refractivity (Wildman–Crippen MR) is 198 cm³/mol. The normalized spacial score (nSPS) is 12.1. The molecule has 0 aliphatic carbocycles. The molecule has 0 aliphatic heterocycles. The van der Waals surface area contributed by atoms with Crippen molar-refractivity contribution >= 4 is 87.3 Å². The van der Waals surface area contributed by atoms with Gasteiger partial charge < -0.3 is 4.40 Å². The highest BCUT2D eigenvalue weighted by atomic mass is 15.2. The summed E-state index contributed by atoms with van der Waals surface area (Å²) in [5.41, 5.74) is 9.08. The van der Waals surface area contributed by atoms with E-state index in [1.807, 2.05) is 36.4 Å². The minimum absolute atomic E-state index is 0.606. The first kappa shape index (κ1) is 25.4. The maximum Gasteiger partial charge on any atom is 0.235 e. The van der Waals surface area contributed by atoms with Gasteiger partial charge in [-0.15, -0.1) is 0 Å². The van der Waals surface area contributed by atoms with E-state index in [1.165, 1.54) is 59.6 Å². The van der Waals surface area contributed by atoms with E-state index >= 15 is 0 Å². The van der Waals surface area contributed by atoms with Crippen LogP contribution in [-0.4, -0.2) is 18.9 Å². The van der Waals surface area contributed by atoms with Crippen molar-refractivity contribution in [2.45, 2.75) is 0 Å². The Balaban J connectivity index is 1.35. The largest absolute Gasteiger partial charge is 0.308 e. The molecule has 0 unspecified atom stereocenters. The van der Waals surface area contributed by atoms with E-state index in [9.17, 15) is 0 Å². The molecule has 5 nitrogen and oxygen atoms in total. The molecule has 0 N–H and O–H groups in total. The smallest absolute Gasteiger partial charge is 0.235 e. The lowest BCUT2D eigenvalue weighted by Crippen LogP contribution is -2.03. The van der Waals surface area contributed by atoms with Crippen LogP contribution in [0.25, 0.3) is 104 Å². The fourth-order valence-corrected chi connectivity index (χ4v) is 7.99. The molecule has 11 rings (SSSR count). The fourth-order valence-electron chi connectivity index (χ4n) is 7.99. The molecule has 0 bridgehead atoms. The van der Waals surface area contributed by atoms with Crippen molar-refractivity contribution < 1.29 is 0 Å². The lowest BCUT2D eigenvalue weighted by molar-refractivity contribution is 1.01. The van der Waals surface area contributed by atoms with Crippen molar-refractivity contribution in [3.05, 3.63) is 151 Å². The number of rotatable bonds is 2. The number of hydrogen-bond donors (Lipinski definition) is 0. The van der Waals surface area contributed by atoms with Crippen molar-refractivity contribution in [3.8, 4) is 17.2 Å². The molecule has 5 heteroatoms. The van der Waals surface area contributed by atoms with E-state index < -0.39 is 0 Å². The molecule has 0 saturated carbocycles. The molecule has 0 radical (unpaired) electrons. The third-order valence-corrected chi connectivity index (χ3v) is 10.0. The second-order valence-electron chi connectivity index (χ2n) is 12.5. The fraction of sp³-hybridized carbons (Fsp3) is 0. The van der Waals surface area contributed by atoms with Gasteiger partial charge in [0.15, 0.2) is 5.69 Å². The van der Waals surface area contributed by atoms with Gasteiger partial charge in [-0.25, -0.2) is 14.8 Å². The molecule has 4 aromatic heterocycles. The average molecular weight is 610 g/mol. The summed E-state index contributed by atoms with van der Waals surface area (Å²) in [7, 11) is 0. The number of benzene rings is 7. The molecule has 4 heterocycles. The van der Waals surface area contributed by atoms with Crippen molar-refractivity contribution in [2.75, 3.05) is 0 Å². The molecule has 0 saturated heterocycles. The highest BCUT2D eigenvalue weighted by molar-refractivity contribution is 6.36. The molecule has 48 heavy (non-hydrogen) atoms. The summed E-state index contributed by atoms with van der Waals surface area (Å²) in [4.78, 5) is 14.1. The Bertz CT molecular complexity index is 3170. The van der Waals surface area contributed by atoms with Crippen molar-refractivity contribution in [1.82, 2.24) is 18.9 Å². The summed E-state index contributed by atoms with van der Waals surface area (Å²) < 4.78 is 4.71. The topological polar surface area (TPSA) is 39.5 Å². The summed E-state index contributed by atoms with van der Waals surface area (Å²) in [6.07, 6.45) is 0. The average Bonchev–Trinajstić information content (AvgIpc) is 3.77. The Morgan fingerprint density at radius 1 is 0.500 bits per heavy atom. The van der Waals surface area contributed by atoms with E-state index in [1.54, 1.807) is 0 Å².